The molecule has 2 rings (SSSR count). The van der Waals surface area contributed by atoms with Crippen LogP contribution in [0.4, 0.5) is 4.39 Å². The molecular weight excluding hydrogens is 257 g/mol. The highest BCUT2D eigenvalue weighted by atomic mass is 19.1. The van der Waals surface area contributed by atoms with Gasteiger partial charge in [0, 0.05) is 0 Å². The Morgan fingerprint density at radius 2 is 1.75 bits per heavy atom. The van der Waals surface area contributed by atoms with E-state index in [4.69, 9.17) is 4.74 Å². The lowest BCUT2D eigenvalue weighted by molar-refractivity contribution is -0.163. The van der Waals surface area contributed by atoms with Crippen LogP contribution in [0, 0.1) is 5.82 Å². The lowest BCUT2D eigenvalue weighted by Crippen LogP contribution is -2.48. The zero-order chi connectivity index (χ0) is 14.8. The van der Waals surface area contributed by atoms with Crippen LogP contribution >= 0.6 is 0 Å². The van der Waals surface area contributed by atoms with Crippen LogP contribution in [0.1, 0.15) is 39.2 Å². The van der Waals surface area contributed by atoms with Crippen LogP contribution < -0.4 is 5.32 Å². The first-order chi connectivity index (χ1) is 9.33. The summed E-state index contributed by atoms with van der Waals surface area (Å²) < 4.78 is 18.7. The average molecular weight is 279 g/mol. The van der Waals surface area contributed by atoms with Gasteiger partial charge in [-0.25, -0.2) is 4.39 Å². The second-order valence-electron chi connectivity index (χ2n) is 6.34. The number of ether oxygens (including phenoxy) is 1. The molecule has 0 unspecified atom stereocenters. The maximum absolute atomic E-state index is 13.1. The average Bonchev–Trinajstić information content (AvgIpc) is 2.38. The van der Waals surface area contributed by atoms with Crippen LogP contribution in [0.5, 0.6) is 0 Å². The van der Waals surface area contributed by atoms with Crippen molar-refractivity contribution < 1.29 is 13.9 Å². The van der Waals surface area contributed by atoms with Gasteiger partial charge in [0.1, 0.15) is 11.4 Å². The smallest absolute Gasteiger partial charge is 0.317 e. The fraction of sp³-hybridized carbons (Fsp3) is 0.562. The van der Waals surface area contributed by atoms with Crippen LogP contribution in [-0.2, 0) is 14.9 Å². The van der Waals surface area contributed by atoms with Gasteiger partial charge in [-0.05, 0) is 64.4 Å². The first kappa shape index (κ1) is 15.0. The number of benzene rings is 1. The van der Waals surface area contributed by atoms with E-state index in [-0.39, 0.29) is 11.8 Å². The van der Waals surface area contributed by atoms with E-state index in [9.17, 15) is 9.18 Å². The predicted molar refractivity (Wildman–Crippen MR) is 76.0 cm³/mol. The van der Waals surface area contributed by atoms with Crippen LogP contribution in [-0.4, -0.2) is 24.7 Å². The standard InChI is InChI=1S/C16H22FNO2/c1-15(2,3)20-14(19)16(8-10-18-11-9-16)12-4-6-13(17)7-5-12/h4-7,18H,8-11H2,1-3H3. The molecule has 1 aromatic carbocycles. The van der Waals surface area contributed by atoms with E-state index < -0.39 is 11.0 Å². The topological polar surface area (TPSA) is 38.3 Å². The predicted octanol–water partition coefficient (Wildman–Crippen LogP) is 2.79. The summed E-state index contributed by atoms with van der Waals surface area (Å²) in [6, 6.07) is 6.21. The molecule has 1 saturated heterocycles. The lowest BCUT2D eigenvalue weighted by atomic mass is 9.73. The van der Waals surface area contributed by atoms with Crippen LogP contribution in [0.25, 0.3) is 0 Å². The second-order valence-corrected chi connectivity index (χ2v) is 6.34. The third kappa shape index (κ3) is 3.18. The Bertz CT molecular complexity index is 470. The van der Waals surface area contributed by atoms with Gasteiger partial charge in [0.2, 0.25) is 0 Å². The van der Waals surface area contributed by atoms with Gasteiger partial charge in [-0.2, -0.15) is 0 Å². The third-order valence-corrected chi connectivity index (χ3v) is 3.64. The molecule has 0 amide bonds. The molecule has 1 aliphatic rings. The van der Waals surface area contributed by atoms with Gasteiger partial charge >= 0.3 is 5.97 Å². The molecule has 0 aromatic heterocycles. The van der Waals surface area contributed by atoms with E-state index in [1.54, 1.807) is 12.1 Å². The number of hydrogen-bond donors (Lipinski definition) is 1. The fourth-order valence-corrected chi connectivity index (χ4v) is 2.61. The van der Waals surface area contributed by atoms with E-state index in [0.29, 0.717) is 12.8 Å². The first-order valence-electron chi connectivity index (χ1n) is 7.04. The van der Waals surface area contributed by atoms with Crippen molar-refractivity contribution in [3.05, 3.63) is 35.6 Å². The minimum atomic E-state index is -0.660. The van der Waals surface area contributed by atoms with E-state index in [1.807, 2.05) is 20.8 Å². The molecule has 0 aliphatic carbocycles. The molecule has 0 radical (unpaired) electrons. The number of piperidine rings is 1. The van der Waals surface area contributed by atoms with Crippen molar-refractivity contribution in [3.63, 3.8) is 0 Å². The second kappa shape index (κ2) is 5.52. The van der Waals surface area contributed by atoms with E-state index in [0.717, 1.165) is 18.7 Å². The molecule has 1 N–H and O–H groups in total. The van der Waals surface area contributed by atoms with Crippen molar-refractivity contribution >= 4 is 5.97 Å². The van der Waals surface area contributed by atoms with Gasteiger partial charge in [-0.15, -0.1) is 0 Å². The Labute approximate surface area is 119 Å². The maximum atomic E-state index is 13.1. The Hall–Kier alpha value is -1.42. The Morgan fingerprint density at radius 1 is 1.20 bits per heavy atom. The molecule has 20 heavy (non-hydrogen) atoms. The Kier molecular flexibility index (Phi) is 4.14. The van der Waals surface area contributed by atoms with Gasteiger partial charge in [0.25, 0.3) is 0 Å². The van der Waals surface area contributed by atoms with Crippen molar-refractivity contribution in [1.82, 2.24) is 5.32 Å². The SMILES string of the molecule is CC(C)(C)OC(=O)C1(c2ccc(F)cc2)CCNCC1. The van der Waals surface area contributed by atoms with E-state index in [1.165, 1.54) is 12.1 Å². The molecule has 0 bridgehead atoms. The van der Waals surface area contributed by atoms with Crippen LogP contribution in [0.3, 0.4) is 0 Å². The highest BCUT2D eigenvalue weighted by Crippen LogP contribution is 2.36. The molecule has 110 valence electrons. The zero-order valence-electron chi connectivity index (χ0n) is 12.3. The Morgan fingerprint density at radius 3 is 2.25 bits per heavy atom. The fourth-order valence-electron chi connectivity index (χ4n) is 2.61. The van der Waals surface area contributed by atoms with Crippen molar-refractivity contribution in [1.29, 1.82) is 0 Å². The highest BCUT2D eigenvalue weighted by Gasteiger charge is 2.44. The van der Waals surface area contributed by atoms with E-state index in [2.05, 4.69) is 5.32 Å². The summed E-state index contributed by atoms with van der Waals surface area (Å²) in [6.07, 6.45) is 1.35. The van der Waals surface area contributed by atoms with Gasteiger partial charge in [0.15, 0.2) is 0 Å². The minimum Gasteiger partial charge on any atom is -0.459 e. The van der Waals surface area contributed by atoms with Crippen molar-refractivity contribution in [2.24, 2.45) is 0 Å². The minimum absolute atomic E-state index is 0.210. The first-order valence-corrected chi connectivity index (χ1v) is 7.04. The van der Waals surface area contributed by atoms with Gasteiger partial charge in [0.05, 0.1) is 5.41 Å². The Balaban J connectivity index is 2.35. The number of hydrogen-bond acceptors (Lipinski definition) is 3. The monoisotopic (exact) mass is 279 g/mol. The largest absolute Gasteiger partial charge is 0.459 e. The molecule has 1 aliphatic heterocycles. The normalized spacial score (nSPS) is 18.6. The molecule has 3 nitrogen and oxygen atoms in total. The maximum Gasteiger partial charge on any atom is 0.317 e. The quantitative estimate of drug-likeness (QED) is 0.846. The summed E-state index contributed by atoms with van der Waals surface area (Å²) in [4.78, 5) is 12.7. The van der Waals surface area contributed by atoms with Crippen molar-refractivity contribution in [2.45, 2.75) is 44.6 Å². The van der Waals surface area contributed by atoms with E-state index >= 15 is 0 Å². The number of esters is 1. The number of nitrogens with one attached hydrogen (secondary N) is 1. The lowest BCUT2D eigenvalue weighted by Gasteiger charge is -2.38. The summed E-state index contributed by atoms with van der Waals surface area (Å²) in [5.74, 6) is -0.500. The summed E-state index contributed by atoms with van der Waals surface area (Å²) in [5.41, 5.74) is -0.337. The molecule has 0 spiro atoms. The molecule has 1 aromatic rings. The molecule has 0 atom stereocenters. The number of carbonyl (C=O) groups is 1. The third-order valence-electron chi connectivity index (χ3n) is 3.64. The summed E-state index contributed by atoms with van der Waals surface area (Å²) in [6.45, 7) is 7.12. The zero-order valence-corrected chi connectivity index (χ0v) is 12.3. The molecule has 1 heterocycles. The number of rotatable bonds is 2. The molecule has 1 fully saturated rings. The molecule has 4 heteroatoms. The summed E-state index contributed by atoms with van der Waals surface area (Å²) >= 11 is 0. The van der Waals surface area contributed by atoms with Crippen LogP contribution in [0.2, 0.25) is 0 Å². The van der Waals surface area contributed by atoms with Gasteiger partial charge < -0.3 is 10.1 Å². The molecule has 0 saturated carbocycles. The van der Waals surface area contributed by atoms with Gasteiger partial charge in [-0.3, -0.25) is 4.79 Å². The van der Waals surface area contributed by atoms with Gasteiger partial charge in [-0.1, -0.05) is 12.1 Å². The summed E-state index contributed by atoms with van der Waals surface area (Å²) in [5, 5.41) is 3.26. The van der Waals surface area contributed by atoms with Crippen molar-refractivity contribution in [2.75, 3.05) is 13.1 Å². The van der Waals surface area contributed by atoms with Crippen LogP contribution in [0.15, 0.2) is 24.3 Å². The summed E-state index contributed by atoms with van der Waals surface area (Å²) in [7, 11) is 0. The molecular formula is C16H22FNO2. The van der Waals surface area contributed by atoms with Crippen molar-refractivity contribution in [3.8, 4) is 0 Å². The highest BCUT2D eigenvalue weighted by molar-refractivity contribution is 5.83. The number of halogens is 1. The number of carbonyl (C=O) groups excluding carboxylic acids is 1.